The summed E-state index contributed by atoms with van der Waals surface area (Å²) in [5.41, 5.74) is 0.638. The summed E-state index contributed by atoms with van der Waals surface area (Å²) >= 11 is 0. The number of aromatic nitrogens is 1. The van der Waals surface area contributed by atoms with E-state index in [1.54, 1.807) is 0 Å². The predicted molar refractivity (Wildman–Crippen MR) is 102 cm³/mol. The zero-order valence-corrected chi connectivity index (χ0v) is 15.9. The first-order valence-corrected chi connectivity index (χ1v) is 10.1. The number of nitrogens with one attached hydrogen (secondary N) is 1. The number of carbonyl (C=O) groups excluding carboxylic acids is 2. The van der Waals surface area contributed by atoms with E-state index in [0.717, 1.165) is 71.2 Å². The van der Waals surface area contributed by atoms with E-state index in [2.05, 4.69) is 20.1 Å². The zero-order valence-electron chi connectivity index (χ0n) is 15.9. The molecule has 0 atom stereocenters. The molecule has 3 heterocycles. The summed E-state index contributed by atoms with van der Waals surface area (Å²) in [7, 11) is 0. The van der Waals surface area contributed by atoms with Crippen LogP contribution in [0.5, 0.6) is 0 Å². The predicted octanol–water partition coefficient (Wildman–Crippen LogP) is 1.80. The van der Waals surface area contributed by atoms with Crippen LogP contribution in [0.3, 0.4) is 0 Å². The molecule has 27 heavy (non-hydrogen) atoms. The third kappa shape index (κ3) is 3.99. The Labute approximate surface area is 160 Å². The highest BCUT2D eigenvalue weighted by Crippen LogP contribution is 2.32. The van der Waals surface area contributed by atoms with E-state index in [9.17, 15) is 9.59 Å². The SMILES string of the molecule is O=C1NC2(CCCCCC2)C(=O)N1CN1CCN(Cc2ccncc2)CC1. The van der Waals surface area contributed by atoms with Crippen LogP contribution in [-0.4, -0.2) is 70.0 Å². The molecule has 3 fully saturated rings. The molecule has 0 radical (unpaired) electrons. The van der Waals surface area contributed by atoms with Crippen LogP contribution in [0, 0.1) is 0 Å². The Morgan fingerprint density at radius 1 is 0.926 bits per heavy atom. The van der Waals surface area contributed by atoms with Crippen molar-refractivity contribution in [3.63, 3.8) is 0 Å². The Morgan fingerprint density at radius 2 is 1.56 bits per heavy atom. The summed E-state index contributed by atoms with van der Waals surface area (Å²) in [6.07, 6.45) is 9.58. The maximum Gasteiger partial charge on any atom is 0.326 e. The first-order chi connectivity index (χ1) is 13.2. The van der Waals surface area contributed by atoms with Crippen LogP contribution in [0.25, 0.3) is 0 Å². The Morgan fingerprint density at radius 3 is 2.22 bits per heavy atom. The van der Waals surface area contributed by atoms with Gasteiger partial charge in [-0.05, 0) is 30.5 Å². The van der Waals surface area contributed by atoms with Crippen LogP contribution in [0.1, 0.15) is 44.1 Å². The molecule has 1 spiro atoms. The fourth-order valence-electron chi connectivity index (χ4n) is 4.51. The van der Waals surface area contributed by atoms with Crippen molar-refractivity contribution in [2.75, 3.05) is 32.8 Å². The van der Waals surface area contributed by atoms with E-state index in [0.29, 0.717) is 6.67 Å². The van der Waals surface area contributed by atoms with Crippen molar-refractivity contribution < 1.29 is 9.59 Å². The number of piperazine rings is 1. The highest BCUT2D eigenvalue weighted by Gasteiger charge is 2.50. The van der Waals surface area contributed by atoms with Gasteiger partial charge in [-0.1, -0.05) is 25.7 Å². The molecule has 1 aromatic heterocycles. The molecule has 1 saturated carbocycles. The highest BCUT2D eigenvalue weighted by molar-refractivity contribution is 6.07. The molecule has 1 N–H and O–H groups in total. The Kier molecular flexibility index (Phi) is 5.41. The van der Waals surface area contributed by atoms with Gasteiger partial charge >= 0.3 is 6.03 Å². The van der Waals surface area contributed by atoms with E-state index in [1.807, 2.05) is 24.5 Å². The smallest absolute Gasteiger partial charge is 0.323 e. The van der Waals surface area contributed by atoms with Gasteiger partial charge in [0.25, 0.3) is 5.91 Å². The standard InChI is InChI=1S/C20H29N5O2/c26-18-20(7-3-1-2-4-8-20)22-19(27)25(18)16-24-13-11-23(12-14-24)15-17-5-9-21-10-6-17/h5-6,9-10H,1-4,7-8,11-16H2,(H,22,27). The van der Waals surface area contributed by atoms with Crippen LogP contribution in [0.2, 0.25) is 0 Å². The number of imide groups is 1. The second-order valence-corrected chi connectivity index (χ2v) is 8.05. The van der Waals surface area contributed by atoms with E-state index < -0.39 is 5.54 Å². The summed E-state index contributed by atoms with van der Waals surface area (Å²) in [5, 5.41) is 3.03. The summed E-state index contributed by atoms with van der Waals surface area (Å²) in [6, 6.07) is 3.89. The number of urea groups is 1. The van der Waals surface area contributed by atoms with Crippen molar-refractivity contribution in [2.45, 2.75) is 50.6 Å². The molecule has 146 valence electrons. The molecule has 3 amide bonds. The second kappa shape index (κ2) is 7.94. The maximum atomic E-state index is 13.0. The largest absolute Gasteiger partial charge is 0.326 e. The average Bonchev–Trinajstić information content (AvgIpc) is 2.85. The van der Waals surface area contributed by atoms with E-state index in [4.69, 9.17) is 0 Å². The second-order valence-electron chi connectivity index (χ2n) is 8.05. The van der Waals surface area contributed by atoms with Crippen LogP contribution in [0.4, 0.5) is 4.79 Å². The molecule has 0 bridgehead atoms. The van der Waals surface area contributed by atoms with Crippen LogP contribution in [0.15, 0.2) is 24.5 Å². The third-order valence-electron chi connectivity index (χ3n) is 6.16. The molecule has 2 aliphatic heterocycles. The van der Waals surface area contributed by atoms with Crippen molar-refractivity contribution >= 4 is 11.9 Å². The van der Waals surface area contributed by atoms with Crippen molar-refractivity contribution in [1.29, 1.82) is 0 Å². The lowest BCUT2D eigenvalue weighted by Gasteiger charge is -2.36. The molecular weight excluding hydrogens is 342 g/mol. The summed E-state index contributed by atoms with van der Waals surface area (Å²) in [6.45, 7) is 4.95. The maximum absolute atomic E-state index is 13.0. The number of hydrogen-bond acceptors (Lipinski definition) is 5. The molecule has 0 aromatic carbocycles. The Bertz CT molecular complexity index is 664. The van der Waals surface area contributed by atoms with Gasteiger partial charge in [0.2, 0.25) is 0 Å². The summed E-state index contributed by atoms with van der Waals surface area (Å²) in [4.78, 5) is 35.7. The molecule has 1 aromatic rings. The molecule has 3 aliphatic rings. The molecular formula is C20H29N5O2. The fourth-order valence-corrected chi connectivity index (χ4v) is 4.51. The van der Waals surface area contributed by atoms with E-state index >= 15 is 0 Å². The van der Waals surface area contributed by atoms with E-state index in [-0.39, 0.29) is 11.9 Å². The number of hydrogen-bond donors (Lipinski definition) is 1. The van der Waals surface area contributed by atoms with E-state index in [1.165, 1.54) is 10.5 Å². The zero-order chi connectivity index (χ0) is 18.7. The van der Waals surface area contributed by atoms with Gasteiger partial charge in [0.05, 0.1) is 6.67 Å². The monoisotopic (exact) mass is 371 g/mol. The Balaban J connectivity index is 1.31. The minimum Gasteiger partial charge on any atom is -0.323 e. The molecule has 7 heteroatoms. The third-order valence-corrected chi connectivity index (χ3v) is 6.16. The van der Waals surface area contributed by atoms with Crippen molar-refractivity contribution in [3.8, 4) is 0 Å². The van der Waals surface area contributed by atoms with Crippen molar-refractivity contribution in [1.82, 2.24) is 25.0 Å². The van der Waals surface area contributed by atoms with Crippen LogP contribution >= 0.6 is 0 Å². The topological polar surface area (TPSA) is 68.8 Å². The van der Waals surface area contributed by atoms with Crippen molar-refractivity contribution in [2.24, 2.45) is 0 Å². The number of carbonyl (C=O) groups is 2. The lowest BCUT2D eigenvalue weighted by Crippen LogP contribution is -2.51. The molecule has 4 rings (SSSR count). The molecule has 2 saturated heterocycles. The molecule has 1 aliphatic carbocycles. The normalized spacial score (nSPS) is 24.2. The number of pyridine rings is 1. The Hall–Kier alpha value is -1.99. The van der Waals surface area contributed by atoms with Crippen LogP contribution in [-0.2, 0) is 11.3 Å². The first kappa shape index (κ1) is 18.4. The number of amides is 3. The van der Waals surface area contributed by atoms with Crippen LogP contribution < -0.4 is 5.32 Å². The summed E-state index contributed by atoms with van der Waals surface area (Å²) in [5.74, 6) is -0.00591. The summed E-state index contributed by atoms with van der Waals surface area (Å²) < 4.78 is 0. The van der Waals surface area contributed by atoms with Gasteiger partial charge in [-0.25, -0.2) is 9.69 Å². The minimum absolute atomic E-state index is 0.00591. The first-order valence-electron chi connectivity index (χ1n) is 10.1. The molecule has 7 nitrogen and oxygen atoms in total. The minimum atomic E-state index is -0.628. The van der Waals surface area contributed by atoms with Gasteiger partial charge in [-0.15, -0.1) is 0 Å². The lowest BCUT2D eigenvalue weighted by molar-refractivity contribution is -0.133. The average molecular weight is 371 g/mol. The van der Waals surface area contributed by atoms with Gasteiger partial charge in [0.15, 0.2) is 0 Å². The van der Waals surface area contributed by atoms with Gasteiger partial charge < -0.3 is 5.32 Å². The van der Waals surface area contributed by atoms with Gasteiger partial charge in [0.1, 0.15) is 5.54 Å². The van der Waals surface area contributed by atoms with Crippen molar-refractivity contribution in [3.05, 3.63) is 30.1 Å². The number of rotatable bonds is 4. The molecule has 0 unspecified atom stereocenters. The number of nitrogens with zero attached hydrogens (tertiary/aromatic N) is 4. The highest BCUT2D eigenvalue weighted by atomic mass is 16.2. The fraction of sp³-hybridized carbons (Fsp3) is 0.650. The van der Waals surface area contributed by atoms with Gasteiger partial charge in [-0.2, -0.15) is 0 Å². The lowest BCUT2D eigenvalue weighted by atomic mass is 9.90. The quantitative estimate of drug-likeness (QED) is 0.818. The van der Waals surface area contributed by atoms with Gasteiger partial charge in [0, 0.05) is 45.1 Å². The van der Waals surface area contributed by atoms with Gasteiger partial charge in [-0.3, -0.25) is 19.6 Å².